The molecule has 1 aromatic carbocycles. The van der Waals surface area contributed by atoms with E-state index < -0.39 is 0 Å². The van der Waals surface area contributed by atoms with Crippen LogP contribution in [0.2, 0.25) is 0 Å². The van der Waals surface area contributed by atoms with Gasteiger partial charge < -0.3 is 14.8 Å². The quantitative estimate of drug-likeness (QED) is 0.869. The molecular weight excluding hydrogens is 266 g/mol. The average molecular weight is 289 g/mol. The van der Waals surface area contributed by atoms with Gasteiger partial charge in [-0.1, -0.05) is 19.9 Å². The Morgan fingerprint density at radius 2 is 2.24 bits per heavy atom. The average Bonchev–Trinajstić information content (AvgIpc) is 2.52. The van der Waals surface area contributed by atoms with Crippen molar-refractivity contribution in [3.63, 3.8) is 0 Å². The van der Waals surface area contributed by atoms with E-state index in [2.05, 4.69) is 19.2 Å². The maximum atomic E-state index is 11.6. The molecule has 0 bridgehead atoms. The minimum Gasteiger partial charge on any atom is -0.465 e. The minimum atomic E-state index is -0.301. The maximum Gasteiger partial charge on any atom is 0.337 e. The van der Waals surface area contributed by atoms with Gasteiger partial charge in [0.05, 0.1) is 18.8 Å². The number of fused-ring (bicyclic) bond motifs is 1. The highest BCUT2D eigenvalue weighted by atomic mass is 16.5. The fourth-order valence-corrected chi connectivity index (χ4v) is 3.85. The molecule has 21 heavy (non-hydrogen) atoms. The lowest BCUT2D eigenvalue weighted by molar-refractivity contribution is -0.177. The molecule has 1 saturated heterocycles. The van der Waals surface area contributed by atoms with E-state index in [9.17, 15) is 4.79 Å². The standard InChI is InChI=1S/C17H23NO3/c1-17(2)14(13-8-5-9-21-15(13)17)18-12-7-4-6-11(10-12)16(19)20-3/h4,6-7,10,13-15,18H,5,8-9H2,1-3H3. The Morgan fingerprint density at radius 1 is 1.43 bits per heavy atom. The zero-order valence-electron chi connectivity index (χ0n) is 12.9. The second-order valence-corrected chi connectivity index (χ2v) is 6.61. The van der Waals surface area contributed by atoms with Crippen LogP contribution in [0.3, 0.4) is 0 Å². The number of benzene rings is 1. The highest BCUT2D eigenvalue weighted by Crippen LogP contribution is 2.52. The second-order valence-electron chi connectivity index (χ2n) is 6.61. The van der Waals surface area contributed by atoms with Crippen LogP contribution in [0.5, 0.6) is 0 Å². The van der Waals surface area contributed by atoms with E-state index in [-0.39, 0.29) is 11.4 Å². The summed E-state index contributed by atoms with van der Waals surface area (Å²) >= 11 is 0. The predicted molar refractivity (Wildman–Crippen MR) is 81.4 cm³/mol. The normalized spacial score (nSPS) is 30.0. The van der Waals surface area contributed by atoms with Gasteiger partial charge in [-0.05, 0) is 31.0 Å². The Kier molecular flexibility index (Phi) is 3.66. The zero-order chi connectivity index (χ0) is 15.0. The molecule has 2 fully saturated rings. The molecule has 3 rings (SSSR count). The summed E-state index contributed by atoms with van der Waals surface area (Å²) in [4.78, 5) is 11.6. The van der Waals surface area contributed by atoms with Crippen LogP contribution in [-0.2, 0) is 9.47 Å². The van der Waals surface area contributed by atoms with Crippen LogP contribution in [0.4, 0.5) is 5.69 Å². The molecule has 1 heterocycles. The molecule has 0 amide bonds. The van der Waals surface area contributed by atoms with E-state index >= 15 is 0 Å². The number of carbonyl (C=O) groups is 1. The second kappa shape index (κ2) is 5.34. The van der Waals surface area contributed by atoms with Crippen LogP contribution in [0.1, 0.15) is 37.0 Å². The highest BCUT2D eigenvalue weighted by Gasteiger charge is 2.57. The van der Waals surface area contributed by atoms with Gasteiger partial charge in [-0.2, -0.15) is 0 Å². The van der Waals surface area contributed by atoms with Crippen molar-refractivity contribution in [1.82, 2.24) is 0 Å². The first-order valence-corrected chi connectivity index (χ1v) is 7.60. The largest absolute Gasteiger partial charge is 0.465 e. The van der Waals surface area contributed by atoms with Crippen molar-refractivity contribution in [3.8, 4) is 0 Å². The summed E-state index contributed by atoms with van der Waals surface area (Å²) in [5.74, 6) is 0.265. The number of hydrogen-bond donors (Lipinski definition) is 1. The summed E-state index contributed by atoms with van der Waals surface area (Å²) in [7, 11) is 1.40. The van der Waals surface area contributed by atoms with Crippen molar-refractivity contribution in [2.75, 3.05) is 19.0 Å². The van der Waals surface area contributed by atoms with Gasteiger partial charge in [-0.25, -0.2) is 4.79 Å². The molecule has 1 N–H and O–H groups in total. The SMILES string of the molecule is COC(=O)c1cccc(NC2C3CCCOC3C2(C)C)c1. The molecule has 3 unspecified atom stereocenters. The van der Waals surface area contributed by atoms with Gasteiger partial charge in [0.1, 0.15) is 0 Å². The van der Waals surface area contributed by atoms with Gasteiger partial charge in [0.25, 0.3) is 0 Å². The molecule has 4 nitrogen and oxygen atoms in total. The van der Waals surface area contributed by atoms with Gasteiger partial charge >= 0.3 is 5.97 Å². The Morgan fingerprint density at radius 3 is 3.00 bits per heavy atom. The number of rotatable bonds is 3. The summed E-state index contributed by atoms with van der Waals surface area (Å²) in [6.45, 7) is 5.39. The summed E-state index contributed by atoms with van der Waals surface area (Å²) in [5.41, 5.74) is 1.67. The first-order chi connectivity index (χ1) is 10.0. The lowest BCUT2D eigenvalue weighted by atomic mass is 9.55. The number of esters is 1. The van der Waals surface area contributed by atoms with Crippen molar-refractivity contribution in [1.29, 1.82) is 0 Å². The fraction of sp³-hybridized carbons (Fsp3) is 0.588. The summed E-state index contributed by atoms with van der Waals surface area (Å²) in [6, 6.07) is 7.90. The fourth-order valence-electron chi connectivity index (χ4n) is 3.85. The van der Waals surface area contributed by atoms with Crippen molar-refractivity contribution >= 4 is 11.7 Å². The molecule has 4 heteroatoms. The smallest absolute Gasteiger partial charge is 0.337 e. The molecule has 114 valence electrons. The van der Waals surface area contributed by atoms with Gasteiger partial charge in [-0.3, -0.25) is 0 Å². The molecule has 0 aromatic heterocycles. The Balaban J connectivity index is 1.76. The Labute approximate surface area is 125 Å². The van der Waals surface area contributed by atoms with E-state index in [1.54, 1.807) is 6.07 Å². The predicted octanol–water partition coefficient (Wildman–Crippen LogP) is 3.09. The number of hydrogen-bond acceptors (Lipinski definition) is 4. The van der Waals surface area contributed by atoms with Crippen LogP contribution in [0.15, 0.2) is 24.3 Å². The number of methoxy groups -OCH3 is 1. The summed E-state index contributed by atoms with van der Waals surface area (Å²) in [5, 5.41) is 3.60. The third-order valence-electron chi connectivity index (χ3n) is 4.94. The molecule has 0 radical (unpaired) electrons. The lowest BCUT2D eigenvalue weighted by Crippen LogP contribution is -2.67. The topological polar surface area (TPSA) is 47.6 Å². The number of anilines is 1. The van der Waals surface area contributed by atoms with Crippen molar-refractivity contribution in [3.05, 3.63) is 29.8 Å². The maximum absolute atomic E-state index is 11.6. The molecule has 0 spiro atoms. The van der Waals surface area contributed by atoms with Gasteiger partial charge in [0.15, 0.2) is 0 Å². The number of ether oxygens (including phenoxy) is 2. The first kappa shape index (κ1) is 14.4. The van der Waals surface area contributed by atoms with Crippen molar-refractivity contribution in [2.45, 2.75) is 38.8 Å². The third-order valence-corrected chi connectivity index (χ3v) is 4.94. The molecule has 2 aliphatic rings. The van der Waals surface area contributed by atoms with E-state index in [1.807, 2.05) is 18.2 Å². The van der Waals surface area contributed by atoms with Crippen molar-refractivity contribution < 1.29 is 14.3 Å². The lowest BCUT2D eigenvalue weighted by Gasteiger charge is -2.60. The van der Waals surface area contributed by atoms with Crippen LogP contribution >= 0.6 is 0 Å². The molecule has 1 saturated carbocycles. The van der Waals surface area contributed by atoms with Crippen LogP contribution in [0, 0.1) is 11.3 Å². The van der Waals surface area contributed by atoms with Crippen LogP contribution < -0.4 is 5.32 Å². The molecule has 3 atom stereocenters. The highest BCUT2D eigenvalue weighted by molar-refractivity contribution is 5.90. The Hall–Kier alpha value is -1.55. The van der Waals surface area contributed by atoms with Gasteiger partial charge in [0.2, 0.25) is 0 Å². The van der Waals surface area contributed by atoms with E-state index in [4.69, 9.17) is 9.47 Å². The number of nitrogens with one attached hydrogen (secondary N) is 1. The molecule has 1 aliphatic heterocycles. The Bertz CT molecular complexity index is 541. The van der Waals surface area contributed by atoms with E-state index in [0.29, 0.717) is 23.6 Å². The van der Waals surface area contributed by atoms with E-state index in [0.717, 1.165) is 18.7 Å². The van der Waals surface area contributed by atoms with Gasteiger partial charge in [0, 0.05) is 29.7 Å². The number of carbonyl (C=O) groups excluding carboxylic acids is 1. The van der Waals surface area contributed by atoms with Crippen molar-refractivity contribution in [2.24, 2.45) is 11.3 Å². The molecular formula is C17H23NO3. The van der Waals surface area contributed by atoms with Gasteiger partial charge in [-0.15, -0.1) is 0 Å². The van der Waals surface area contributed by atoms with Crippen LogP contribution in [0.25, 0.3) is 0 Å². The summed E-state index contributed by atoms with van der Waals surface area (Å²) in [6.07, 6.45) is 2.70. The van der Waals surface area contributed by atoms with E-state index in [1.165, 1.54) is 13.5 Å². The molecule has 1 aliphatic carbocycles. The minimum absolute atomic E-state index is 0.117. The third kappa shape index (κ3) is 2.42. The summed E-state index contributed by atoms with van der Waals surface area (Å²) < 4.78 is 10.7. The van der Waals surface area contributed by atoms with Crippen LogP contribution in [-0.4, -0.2) is 31.8 Å². The molecule has 1 aromatic rings. The monoisotopic (exact) mass is 289 g/mol. The zero-order valence-corrected chi connectivity index (χ0v) is 12.9. The first-order valence-electron chi connectivity index (χ1n) is 7.60.